The maximum absolute atomic E-state index is 13.0. The van der Waals surface area contributed by atoms with Gasteiger partial charge in [-0.05, 0) is 0 Å². The van der Waals surface area contributed by atoms with E-state index in [-0.39, 0.29) is 26.4 Å². The molecule has 0 aliphatic heterocycles. The fourth-order valence-electron chi connectivity index (χ4n) is 1.13. The van der Waals surface area contributed by atoms with Gasteiger partial charge in [-0.25, -0.2) is 0 Å². The third-order valence-electron chi connectivity index (χ3n) is 2.05. The van der Waals surface area contributed by atoms with Crippen molar-refractivity contribution in [3.8, 4) is 0 Å². The van der Waals surface area contributed by atoms with Crippen molar-refractivity contribution >= 4 is 0 Å². The van der Waals surface area contributed by atoms with Gasteiger partial charge in [-0.1, -0.05) is 0 Å². The molecular weight excluding hydrogens is 304 g/mol. The van der Waals surface area contributed by atoms with Crippen molar-refractivity contribution in [3.05, 3.63) is 0 Å². The van der Waals surface area contributed by atoms with Crippen molar-refractivity contribution in [3.63, 3.8) is 0 Å². The summed E-state index contributed by atoms with van der Waals surface area (Å²) in [6.07, 6.45) is 2.65. The second kappa shape index (κ2) is 10.9. The van der Waals surface area contributed by atoms with Crippen LogP contribution >= 0.6 is 0 Å². The van der Waals surface area contributed by atoms with Crippen molar-refractivity contribution in [1.29, 1.82) is 0 Å². The number of rotatable bonds is 14. The van der Waals surface area contributed by atoms with E-state index in [1.807, 2.05) is 27.7 Å². The first kappa shape index (κ1) is 20.3. The normalized spacial score (nSPS) is 12.8. The summed E-state index contributed by atoms with van der Waals surface area (Å²) in [4.78, 5) is 9.79. The zero-order chi connectivity index (χ0) is 15.3. The Labute approximate surface area is 123 Å². The molecule has 0 rings (SSSR count). The standard InChI is InChI=1S/2C3H8O2.2C3H7O.O.Ti/c2*1-2-3-5-4;2*1-2-3-4;;/h2*4H,2-3H2,1H3;2*2-3H2,1H3;;/q;;2*-1;;+4/p-2. The van der Waals surface area contributed by atoms with Crippen molar-refractivity contribution in [1.82, 2.24) is 0 Å². The Morgan fingerprint density at radius 1 is 0.650 bits per heavy atom. The Morgan fingerprint density at radius 3 is 1.30 bits per heavy atom. The molecule has 0 N–H and O–H groups in total. The molecule has 0 aliphatic rings. The molecule has 20 heavy (non-hydrogen) atoms. The molecular formula is C12H28O7Ti. The third kappa shape index (κ3) is 7.90. The molecule has 0 aromatic rings. The summed E-state index contributed by atoms with van der Waals surface area (Å²) in [5, 5.41) is 0. The van der Waals surface area contributed by atoms with Crippen molar-refractivity contribution in [2.75, 3.05) is 26.4 Å². The molecule has 0 fully saturated rings. The van der Waals surface area contributed by atoms with E-state index in [1.54, 1.807) is 0 Å². The first-order valence-electron chi connectivity index (χ1n) is 7.34. The zero-order valence-electron chi connectivity index (χ0n) is 13.0. The molecule has 0 unspecified atom stereocenters. The quantitative estimate of drug-likeness (QED) is 0.209. The fraction of sp³-hybridized carbons (Fsp3) is 1.00. The van der Waals surface area contributed by atoms with E-state index in [9.17, 15) is 3.32 Å². The summed E-state index contributed by atoms with van der Waals surface area (Å²) in [6, 6.07) is 0. The van der Waals surface area contributed by atoms with Crippen LogP contribution in [-0.4, -0.2) is 26.4 Å². The van der Waals surface area contributed by atoms with Gasteiger partial charge in [-0.3, -0.25) is 0 Å². The van der Waals surface area contributed by atoms with Crippen LogP contribution in [0.5, 0.6) is 0 Å². The zero-order valence-corrected chi connectivity index (χ0v) is 14.6. The van der Waals surface area contributed by atoms with Crippen LogP contribution in [0.2, 0.25) is 0 Å². The summed E-state index contributed by atoms with van der Waals surface area (Å²) in [5.74, 6) is 0. The molecule has 8 heteroatoms. The van der Waals surface area contributed by atoms with Gasteiger partial charge in [0.25, 0.3) is 0 Å². The average Bonchev–Trinajstić information content (AvgIpc) is 2.44. The van der Waals surface area contributed by atoms with E-state index in [0.29, 0.717) is 25.7 Å². The number of hydrogen-bond acceptors (Lipinski definition) is 7. The van der Waals surface area contributed by atoms with Crippen LogP contribution in [0.15, 0.2) is 0 Å². The Balaban J connectivity index is 4.89. The van der Waals surface area contributed by atoms with Crippen LogP contribution in [0.1, 0.15) is 53.4 Å². The van der Waals surface area contributed by atoms with Gasteiger partial charge in [0.1, 0.15) is 0 Å². The van der Waals surface area contributed by atoms with E-state index in [0.717, 1.165) is 0 Å². The molecule has 0 saturated heterocycles. The minimum atomic E-state index is -5.86. The molecule has 0 radical (unpaired) electrons. The fourth-order valence-corrected chi connectivity index (χ4v) is 4.15. The third-order valence-corrected chi connectivity index (χ3v) is 5.38. The summed E-state index contributed by atoms with van der Waals surface area (Å²) < 4.78 is 33.5. The van der Waals surface area contributed by atoms with Gasteiger partial charge < -0.3 is 0 Å². The van der Waals surface area contributed by atoms with E-state index in [2.05, 4.69) is 0 Å². The molecule has 7 nitrogen and oxygen atoms in total. The molecule has 0 aromatic carbocycles. The molecule has 0 aliphatic carbocycles. The SMILES string of the molecule is CCCO[O][Ti](=[O])([O]CCC)([O]CCC)[O]OCCC. The van der Waals surface area contributed by atoms with Crippen LogP contribution in [0.25, 0.3) is 0 Å². The van der Waals surface area contributed by atoms with Crippen molar-refractivity contribution < 1.29 is 43.5 Å². The van der Waals surface area contributed by atoms with Crippen LogP contribution in [0.4, 0.5) is 0 Å². The van der Waals surface area contributed by atoms with E-state index in [1.165, 1.54) is 0 Å². The average molecular weight is 332 g/mol. The maximum atomic E-state index is 13.0. The predicted molar refractivity (Wildman–Crippen MR) is 67.8 cm³/mol. The van der Waals surface area contributed by atoms with E-state index in [4.69, 9.17) is 23.4 Å². The summed E-state index contributed by atoms with van der Waals surface area (Å²) >= 11 is -5.86. The van der Waals surface area contributed by atoms with Gasteiger partial charge in [-0.15, -0.1) is 0 Å². The topological polar surface area (TPSA) is 72.5 Å². The second-order valence-corrected chi connectivity index (χ2v) is 8.37. The predicted octanol–water partition coefficient (Wildman–Crippen LogP) is 3.25. The molecule has 0 amide bonds. The minimum absolute atomic E-state index is 0.162. The van der Waals surface area contributed by atoms with E-state index < -0.39 is 16.8 Å². The summed E-state index contributed by atoms with van der Waals surface area (Å²) in [7, 11) is 0. The van der Waals surface area contributed by atoms with Crippen molar-refractivity contribution in [2.45, 2.75) is 53.4 Å². The summed E-state index contributed by atoms with van der Waals surface area (Å²) in [5.41, 5.74) is 0. The van der Waals surface area contributed by atoms with Gasteiger partial charge in [0, 0.05) is 0 Å². The van der Waals surface area contributed by atoms with Gasteiger partial charge >= 0.3 is 123 Å². The Morgan fingerprint density at radius 2 is 1.00 bits per heavy atom. The monoisotopic (exact) mass is 332 g/mol. The van der Waals surface area contributed by atoms with Crippen molar-refractivity contribution in [2.24, 2.45) is 0 Å². The van der Waals surface area contributed by atoms with Gasteiger partial charge in [0.2, 0.25) is 0 Å². The van der Waals surface area contributed by atoms with Crippen LogP contribution in [0, 0.1) is 0 Å². The van der Waals surface area contributed by atoms with E-state index >= 15 is 0 Å². The molecule has 0 aromatic heterocycles. The van der Waals surface area contributed by atoms with Gasteiger partial charge in [-0.2, -0.15) is 0 Å². The van der Waals surface area contributed by atoms with Crippen LogP contribution < -0.4 is 0 Å². The first-order chi connectivity index (χ1) is 9.54. The number of hydrogen-bond donors (Lipinski definition) is 0. The molecule has 0 atom stereocenters. The summed E-state index contributed by atoms with van der Waals surface area (Å²) in [6.45, 7) is 8.36. The molecule has 0 spiro atoms. The Bertz CT molecular complexity index is 268. The molecule has 122 valence electrons. The van der Waals surface area contributed by atoms with Gasteiger partial charge in [0.05, 0.1) is 0 Å². The van der Waals surface area contributed by atoms with Crippen LogP contribution in [-0.2, 0) is 43.5 Å². The van der Waals surface area contributed by atoms with Gasteiger partial charge in [0.15, 0.2) is 0 Å². The second-order valence-electron chi connectivity index (χ2n) is 4.34. The van der Waals surface area contributed by atoms with Crippen LogP contribution in [0.3, 0.4) is 0 Å². The Kier molecular flexibility index (Phi) is 11.1. The first-order valence-corrected chi connectivity index (χ1v) is 10.5. The molecule has 0 heterocycles. The Hall–Kier alpha value is 0.274. The molecule has 0 bridgehead atoms. The molecule has 0 saturated carbocycles.